The normalized spacial score (nSPS) is 10.3. The van der Waals surface area contributed by atoms with Crippen LogP contribution in [0.2, 0.25) is 10.0 Å². The zero-order chi connectivity index (χ0) is 14.0. The Morgan fingerprint density at radius 2 is 1.79 bits per heavy atom. The number of nitrogen functional groups attached to an aromatic ring is 1. The van der Waals surface area contributed by atoms with E-state index in [2.05, 4.69) is 5.32 Å². The molecule has 0 bridgehead atoms. The Kier molecular flexibility index (Phi) is 3.98. The minimum atomic E-state index is -0.283. The van der Waals surface area contributed by atoms with Crippen LogP contribution in [0.5, 0.6) is 0 Å². The van der Waals surface area contributed by atoms with Crippen molar-refractivity contribution in [1.29, 1.82) is 0 Å². The molecule has 0 fully saturated rings. The fraction of sp³-hybridized carbons (Fsp3) is 0.0714. The average molecular weight is 295 g/mol. The number of nitrogens with two attached hydrogens (primary N) is 1. The third kappa shape index (κ3) is 3.19. The van der Waals surface area contributed by atoms with Crippen LogP contribution in [0, 0.1) is 6.92 Å². The van der Waals surface area contributed by atoms with Crippen LogP contribution in [0.4, 0.5) is 11.4 Å². The van der Waals surface area contributed by atoms with E-state index in [1.807, 2.05) is 31.2 Å². The SMILES string of the molecule is Cc1ccc(NC(=O)c2cc(N)c(Cl)c(Cl)c2)cc1. The van der Waals surface area contributed by atoms with Crippen molar-refractivity contribution in [2.45, 2.75) is 6.92 Å². The zero-order valence-electron chi connectivity index (χ0n) is 10.2. The number of carbonyl (C=O) groups excluding carboxylic acids is 1. The summed E-state index contributed by atoms with van der Waals surface area (Å²) in [6.07, 6.45) is 0. The fourth-order valence-corrected chi connectivity index (χ4v) is 1.92. The molecule has 0 saturated carbocycles. The molecule has 0 aliphatic rings. The molecule has 98 valence electrons. The van der Waals surface area contributed by atoms with E-state index in [1.54, 1.807) is 0 Å². The molecule has 0 aromatic heterocycles. The Hall–Kier alpha value is -1.71. The molecule has 3 N–H and O–H groups in total. The molecular weight excluding hydrogens is 283 g/mol. The lowest BCUT2D eigenvalue weighted by molar-refractivity contribution is 0.102. The number of rotatable bonds is 2. The van der Waals surface area contributed by atoms with Gasteiger partial charge in [0.1, 0.15) is 0 Å². The molecule has 1 amide bonds. The lowest BCUT2D eigenvalue weighted by Gasteiger charge is -2.08. The van der Waals surface area contributed by atoms with Crippen molar-refractivity contribution in [2.75, 3.05) is 11.1 Å². The highest BCUT2D eigenvalue weighted by molar-refractivity contribution is 6.44. The van der Waals surface area contributed by atoms with Gasteiger partial charge in [-0.25, -0.2) is 0 Å². The van der Waals surface area contributed by atoms with Crippen molar-refractivity contribution in [2.24, 2.45) is 0 Å². The van der Waals surface area contributed by atoms with Crippen molar-refractivity contribution < 1.29 is 4.79 Å². The van der Waals surface area contributed by atoms with Crippen LogP contribution >= 0.6 is 23.2 Å². The Balaban J connectivity index is 2.23. The first-order valence-corrected chi connectivity index (χ1v) is 6.35. The third-order valence-corrected chi connectivity index (χ3v) is 3.44. The van der Waals surface area contributed by atoms with Crippen molar-refractivity contribution in [3.63, 3.8) is 0 Å². The summed E-state index contributed by atoms with van der Waals surface area (Å²) in [6, 6.07) is 10.5. The highest BCUT2D eigenvalue weighted by Gasteiger charge is 2.11. The van der Waals surface area contributed by atoms with Gasteiger partial charge in [0.05, 0.1) is 15.7 Å². The average Bonchev–Trinajstić information content (AvgIpc) is 2.38. The first-order chi connectivity index (χ1) is 8.97. The van der Waals surface area contributed by atoms with Gasteiger partial charge in [-0.05, 0) is 31.2 Å². The van der Waals surface area contributed by atoms with E-state index < -0.39 is 0 Å². The van der Waals surface area contributed by atoms with E-state index in [-0.39, 0.29) is 21.6 Å². The van der Waals surface area contributed by atoms with Gasteiger partial charge in [-0.15, -0.1) is 0 Å². The molecule has 2 aromatic carbocycles. The molecule has 0 heterocycles. The van der Waals surface area contributed by atoms with Gasteiger partial charge >= 0.3 is 0 Å². The van der Waals surface area contributed by atoms with E-state index in [9.17, 15) is 4.79 Å². The Labute approximate surface area is 121 Å². The predicted molar refractivity (Wildman–Crippen MR) is 80.0 cm³/mol. The maximum atomic E-state index is 12.0. The summed E-state index contributed by atoms with van der Waals surface area (Å²) in [5.74, 6) is -0.283. The standard InChI is InChI=1S/C14H12Cl2N2O/c1-8-2-4-10(5-3-8)18-14(19)9-6-11(15)13(16)12(17)7-9/h2-7H,17H2,1H3,(H,18,19). The van der Waals surface area contributed by atoms with E-state index in [4.69, 9.17) is 28.9 Å². The summed E-state index contributed by atoms with van der Waals surface area (Å²) in [7, 11) is 0. The van der Waals surface area contributed by atoms with Crippen LogP contribution in [-0.2, 0) is 0 Å². The highest BCUT2D eigenvalue weighted by atomic mass is 35.5. The van der Waals surface area contributed by atoms with Gasteiger partial charge in [-0.3, -0.25) is 4.79 Å². The highest BCUT2D eigenvalue weighted by Crippen LogP contribution is 2.29. The summed E-state index contributed by atoms with van der Waals surface area (Å²) in [5, 5.41) is 3.28. The van der Waals surface area contributed by atoms with Crippen LogP contribution in [0.15, 0.2) is 36.4 Å². The Morgan fingerprint density at radius 1 is 1.16 bits per heavy atom. The molecule has 0 aliphatic carbocycles. The molecule has 19 heavy (non-hydrogen) atoms. The molecule has 0 unspecified atom stereocenters. The van der Waals surface area contributed by atoms with E-state index in [0.29, 0.717) is 11.3 Å². The van der Waals surface area contributed by atoms with Crippen molar-refractivity contribution in [3.8, 4) is 0 Å². The van der Waals surface area contributed by atoms with E-state index in [0.717, 1.165) is 5.56 Å². The number of carbonyl (C=O) groups is 1. The lowest BCUT2D eigenvalue weighted by Crippen LogP contribution is -2.12. The second kappa shape index (κ2) is 5.51. The van der Waals surface area contributed by atoms with Crippen LogP contribution in [0.25, 0.3) is 0 Å². The van der Waals surface area contributed by atoms with E-state index >= 15 is 0 Å². The first kappa shape index (κ1) is 13.7. The number of hydrogen-bond acceptors (Lipinski definition) is 2. The number of benzene rings is 2. The van der Waals surface area contributed by atoms with Crippen molar-refractivity contribution in [3.05, 3.63) is 57.6 Å². The minimum absolute atomic E-state index is 0.258. The van der Waals surface area contributed by atoms with Crippen molar-refractivity contribution >= 4 is 40.5 Å². The molecule has 2 rings (SSSR count). The minimum Gasteiger partial charge on any atom is -0.397 e. The molecule has 0 radical (unpaired) electrons. The maximum Gasteiger partial charge on any atom is 0.255 e. The number of halogens is 2. The quantitative estimate of drug-likeness (QED) is 0.818. The Morgan fingerprint density at radius 3 is 2.37 bits per heavy atom. The monoisotopic (exact) mass is 294 g/mol. The molecule has 2 aromatic rings. The summed E-state index contributed by atoms with van der Waals surface area (Å²) >= 11 is 11.7. The summed E-state index contributed by atoms with van der Waals surface area (Å²) in [4.78, 5) is 12.0. The van der Waals surface area contributed by atoms with Gasteiger partial charge in [0, 0.05) is 11.3 Å². The van der Waals surface area contributed by atoms with Gasteiger partial charge in [0.15, 0.2) is 0 Å². The van der Waals surface area contributed by atoms with Crippen LogP contribution in [-0.4, -0.2) is 5.91 Å². The molecular formula is C14H12Cl2N2O. The smallest absolute Gasteiger partial charge is 0.255 e. The largest absolute Gasteiger partial charge is 0.397 e. The number of amides is 1. The Bertz CT molecular complexity index is 601. The van der Waals surface area contributed by atoms with Gasteiger partial charge in [-0.2, -0.15) is 0 Å². The zero-order valence-corrected chi connectivity index (χ0v) is 11.7. The second-order valence-corrected chi connectivity index (χ2v) is 4.97. The van der Waals surface area contributed by atoms with Gasteiger partial charge < -0.3 is 11.1 Å². The molecule has 0 saturated heterocycles. The third-order valence-electron chi connectivity index (χ3n) is 2.63. The molecule has 0 aliphatic heterocycles. The number of aryl methyl sites for hydroxylation is 1. The maximum absolute atomic E-state index is 12.0. The van der Waals surface area contributed by atoms with E-state index in [1.165, 1.54) is 12.1 Å². The van der Waals surface area contributed by atoms with Crippen molar-refractivity contribution in [1.82, 2.24) is 0 Å². The number of anilines is 2. The topological polar surface area (TPSA) is 55.1 Å². The number of hydrogen-bond donors (Lipinski definition) is 2. The fourth-order valence-electron chi connectivity index (χ4n) is 1.58. The van der Waals surface area contributed by atoms with Crippen LogP contribution < -0.4 is 11.1 Å². The molecule has 3 nitrogen and oxygen atoms in total. The molecule has 0 atom stereocenters. The van der Waals surface area contributed by atoms with Gasteiger partial charge in [-0.1, -0.05) is 40.9 Å². The second-order valence-electron chi connectivity index (χ2n) is 4.18. The van der Waals surface area contributed by atoms with Crippen LogP contribution in [0.1, 0.15) is 15.9 Å². The summed E-state index contributed by atoms with van der Waals surface area (Å²) < 4.78 is 0. The lowest BCUT2D eigenvalue weighted by atomic mass is 10.1. The van der Waals surface area contributed by atoms with Gasteiger partial charge in [0.2, 0.25) is 0 Å². The van der Waals surface area contributed by atoms with Gasteiger partial charge in [0.25, 0.3) is 5.91 Å². The first-order valence-electron chi connectivity index (χ1n) is 5.60. The molecule has 5 heteroatoms. The predicted octanol–water partition coefficient (Wildman–Crippen LogP) is 4.14. The van der Waals surface area contributed by atoms with Crippen LogP contribution in [0.3, 0.4) is 0 Å². The summed E-state index contributed by atoms with van der Waals surface area (Å²) in [5.41, 5.74) is 8.16. The summed E-state index contributed by atoms with van der Waals surface area (Å²) in [6.45, 7) is 1.98. The molecule has 0 spiro atoms. The number of nitrogens with one attached hydrogen (secondary N) is 1.